The van der Waals surface area contributed by atoms with Crippen LogP contribution in [0.15, 0.2) is 12.1 Å². The van der Waals surface area contributed by atoms with Gasteiger partial charge in [-0.05, 0) is 18.1 Å². The zero-order chi connectivity index (χ0) is 10.7. The zero-order valence-electron chi connectivity index (χ0n) is 7.68. The number of halogens is 2. The van der Waals surface area contributed by atoms with Gasteiger partial charge in [0, 0.05) is 5.56 Å². The molecule has 0 radical (unpaired) electrons. The number of hydrogen-bond donors (Lipinski definition) is 1. The minimum atomic E-state index is -1.13. The van der Waals surface area contributed by atoms with Crippen LogP contribution in [0.4, 0.5) is 8.78 Å². The van der Waals surface area contributed by atoms with Crippen molar-refractivity contribution in [1.29, 1.82) is 0 Å². The summed E-state index contributed by atoms with van der Waals surface area (Å²) in [6.45, 7) is 1.62. The van der Waals surface area contributed by atoms with Crippen LogP contribution in [0.25, 0.3) is 0 Å². The number of carbonyl (C=O) groups is 1. The molecule has 0 fully saturated rings. The van der Waals surface area contributed by atoms with Crippen LogP contribution in [0.2, 0.25) is 0 Å². The van der Waals surface area contributed by atoms with Gasteiger partial charge in [-0.25, -0.2) is 8.78 Å². The van der Waals surface area contributed by atoms with E-state index in [2.05, 4.69) is 0 Å². The molecule has 14 heavy (non-hydrogen) atoms. The Balaban J connectivity index is 3.14. The van der Waals surface area contributed by atoms with Crippen molar-refractivity contribution in [3.8, 4) is 0 Å². The third-order valence-corrected chi connectivity index (χ3v) is 1.96. The van der Waals surface area contributed by atoms with Crippen molar-refractivity contribution >= 4 is 5.97 Å². The van der Waals surface area contributed by atoms with Crippen molar-refractivity contribution in [3.05, 3.63) is 34.9 Å². The summed E-state index contributed by atoms with van der Waals surface area (Å²) in [6.07, 6.45) is -0.204. The third-order valence-electron chi connectivity index (χ3n) is 1.96. The van der Waals surface area contributed by atoms with Gasteiger partial charge in [-0.15, -0.1) is 0 Å². The lowest BCUT2D eigenvalue weighted by atomic mass is 10.0. The molecule has 1 aromatic rings. The molecule has 0 aliphatic rings. The smallest absolute Gasteiger partial charge is 0.307 e. The Labute approximate surface area is 80.2 Å². The monoisotopic (exact) mass is 200 g/mol. The summed E-state index contributed by atoms with van der Waals surface area (Å²) in [5, 5.41) is 8.46. The summed E-state index contributed by atoms with van der Waals surface area (Å²) >= 11 is 0. The van der Waals surface area contributed by atoms with Crippen molar-refractivity contribution < 1.29 is 18.7 Å². The largest absolute Gasteiger partial charge is 0.481 e. The van der Waals surface area contributed by atoms with Gasteiger partial charge in [0.05, 0.1) is 6.42 Å². The van der Waals surface area contributed by atoms with Crippen LogP contribution in [-0.2, 0) is 17.6 Å². The van der Waals surface area contributed by atoms with E-state index in [1.165, 1.54) is 0 Å². The van der Waals surface area contributed by atoms with Gasteiger partial charge in [-0.1, -0.05) is 13.0 Å². The van der Waals surface area contributed by atoms with Crippen LogP contribution in [-0.4, -0.2) is 11.1 Å². The fraction of sp³-hybridized carbons (Fsp3) is 0.300. The molecule has 0 atom stereocenters. The fourth-order valence-electron chi connectivity index (χ4n) is 1.27. The average molecular weight is 200 g/mol. The van der Waals surface area contributed by atoms with Gasteiger partial charge in [-0.2, -0.15) is 0 Å². The van der Waals surface area contributed by atoms with Crippen LogP contribution in [0.1, 0.15) is 18.1 Å². The summed E-state index contributed by atoms with van der Waals surface area (Å²) in [4.78, 5) is 10.3. The number of aliphatic carboxylic acids is 1. The molecule has 76 valence electrons. The molecule has 0 bridgehead atoms. The van der Waals surface area contributed by atoms with Crippen LogP contribution in [0, 0.1) is 11.6 Å². The lowest BCUT2D eigenvalue weighted by molar-refractivity contribution is -0.136. The van der Waals surface area contributed by atoms with Crippen LogP contribution >= 0.6 is 0 Å². The highest BCUT2D eigenvalue weighted by atomic mass is 19.1. The number of hydrogen-bond acceptors (Lipinski definition) is 1. The van der Waals surface area contributed by atoms with E-state index in [9.17, 15) is 13.6 Å². The Morgan fingerprint density at radius 1 is 1.43 bits per heavy atom. The maximum absolute atomic E-state index is 13.4. The van der Waals surface area contributed by atoms with Gasteiger partial charge in [0.25, 0.3) is 0 Å². The zero-order valence-corrected chi connectivity index (χ0v) is 7.68. The molecule has 1 N–H and O–H groups in total. The molecule has 0 aromatic heterocycles. The van der Waals surface area contributed by atoms with E-state index < -0.39 is 24.0 Å². The minimum Gasteiger partial charge on any atom is -0.481 e. The molecule has 0 heterocycles. The Bertz CT molecular complexity index is 361. The van der Waals surface area contributed by atoms with E-state index in [4.69, 9.17) is 5.11 Å². The second-order valence-corrected chi connectivity index (χ2v) is 2.92. The first-order chi connectivity index (χ1) is 6.56. The summed E-state index contributed by atoms with van der Waals surface area (Å²) in [6, 6.07) is 2.26. The maximum atomic E-state index is 13.4. The number of carboxylic acids is 1. The second kappa shape index (κ2) is 4.17. The van der Waals surface area contributed by atoms with Crippen molar-refractivity contribution in [2.75, 3.05) is 0 Å². The minimum absolute atomic E-state index is 0.0238. The Morgan fingerprint density at radius 2 is 2.07 bits per heavy atom. The molecule has 0 spiro atoms. The number of carboxylic acid groups (broad SMARTS) is 1. The van der Waals surface area contributed by atoms with E-state index in [-0.39, 0.29) is 17.5 Å². The molecular weight excluding hydrogens is 190 g/mol. The predicted molar refractivity (Wildman–Crippen MR) is 47.1 cm³/mol. The Kier molecular flexibility index (Phi) is 3.17. The number of benzene rings is 1. The molecule has 0 aliphatic carbocycles. The van der Waals surface area contributed by atoms with Crippen LogP contribution in [0.5, 0.6) is 0 Å². The third kappa shape index (κ3) is 2.07. The van der Waals surface area contributed by atoms with Crippen molar-refractivity contribution in [2.24, 2.45) is 0 Å². The molecule has 1 rings (SSSR count). The maximum Gasteiger partial charge on any atom is 0.307 e. The summed E-state index contributed by atoms with van der Waals surface area (Å²) in [7, 11) is 0. The molecular formula is C10H10F2O2. The molecule has 4 heteroatoms. The fourth-order valence-corrected chi connectivity index (χ4v) is 1.27. The highest BCUT2D eigenvalue weighted by Gasteiger charge is 2.13. The van der Waals surface area contributed by atoms with Crippen molar-refractivity contribution in [1.82, 2.24) is 0 Å². The normalized spacial score (nSPS) is 10.2. The average Bonchev–Trinajstić information content (AvgIpc) is 2.10. The highest BCUT2D eigenvalue weighted by Crippen LogP contribution is 2.17. The van der Waals surface area contributed by atoms with Crippen molar-refractivity contribution in [2.45, 2.75) is 19.8 Å². The van der Waals surface area contributed by atoms with Gasteiger partial charge in [-0.3, -0.25) is 4.79 Å². The first kappa shape index (κ1) is 10.6. The molecule has 0 saturated heterocycles. The number of rotatable bonds is 3. The van der Waals surface area contributed by atoms with E-state index in [0.29, 0.717) is 0 Å². The Hall–Kier alpha value is -1.45. The lowest BCUT2D eigenvalue weighted by Gasteiger charge is -2.05. The van der Waals surface area contributed by atoms with Gasteiger partial charge in [0.2, 0.25) is 0 Å². The Morgan fingerprint density at radius 3 is 2.57 bits per heavy atom. The first-order valence-corrected chi connectivity index (χ1v) is 4.23. The van der Waals surface area contributed by atoms with Crippen LogP contribution < -0.4 is 0 Å². The van der Waals surface area contributed by atoms with Gasteiger partial charge < -0.3 is 5.11 Å². The molecule has 0 aliphatic heterocycles. The van der Waals surface area contributed by atoms with Gasteiger partial charge >= 0.3 is 5.97 Å². The van der Waals surface area contributed by atoms with E-state index in [1.54, 1.807) is 6.92 Å². The summed E-state index contributed by atoms with van der Waals surface area (Å²) in [5.74, 6) is -2.49. The van der Waals surface area contributed by atoms with Gasteiger partial charge in [0.15, 0.2) is 0 Å². The van der Waals surface area contributed by atoms with Crippen molar-refractivity contribution in [3.63, 3.8) is 0 Å². The molecule has 0 saturated carbocycles. The summed E-state index contributed by atoms with van der Waals surface area (Å²) in [5.41, 5.74) is -0.0282. The second-order valence-electron chi connectivity index (χ2n) is 2.92. The molecule has 1 aromatic carbocycles. The van der Waals surface area contributed by atoms with Gasteiger partial charge in [0.1, 0.15) is 11.6 Å². The van der Waals surface area contributed by atoms with E-state index >= 15 is 0 Å². The molecule has 0 unspecified atom stereocenters. The lowest BCUT2D eigenvalue weighted by Crippen LogP contribution is -2.05. The highest BCUT2D eigenvalue weighted by molar-refractivity contribution is 5.70. The van der Waals surface area contributed by atoms with Crippen LogP contribution in [0.3, 0.4) is 0 Å². The predicted octanol–water partition coefficient (Wildman–Crippen LogP) is 2.15. The SMILES string of the molecule is CCc1c(F)ccc(CC(=O)O)c1F. The quantitative estimate of drug-likeness (QED) is 0.811. The summed E-state index contributed by atoms with van der Waals surface area (Å²) < 4.78 is 26.4. The first-order valence-electron chi connectivity index (χ1n) is 4.23. The topological polar surface area (TPSA) is 37.3 Å². The molecule has 0 amide bonds. The van der Waals surface area contributed by atoms with E-state index in [0.717, 1.165) is 12.1 Å². The van der Waals surface area contributed by atoms with E-state index in [1.807, 2.05) is 0 Å². The molecule has 2 nitrogen and oxygen atoms in total. The standard InChI is InChI=1S/C10H10F2O2/c1-2-7-8(11)4-3-6(10(7)12)5-9(13)14/h3-4H,2,5H2,1H3,(H,13,14).